The molecule has 3 nitrogen and oxygen atoms in total. The molecule has 0 saturated heterocycles. The van der Waals surface area contributed by atoms with E-state index < -0.39 is 0 Å². The van der Waals surface area contributed by atoms with Gasteiger partial charge in [-0.3, -0.25) is 4.79 Å². The van der Waals surface area contributed by atoms with Crippen LogP contribution in [0.2, 0.25) is 15.1 Å². The maximum absolute atomic E-state index is 11.3. The largest absolute Gasteiger partial charge is 0.391 e. The molecule has 0 fully saturated rings. The molecule has 0 spiro atoms. The van der Waals surface area contributed by atoms with Crippen molar-refractivity contribution in [2.24, 2.45) is 0 Å². The fraction of sp³-hybridized carbons (Fsp3) is 0.0833. The SMILES string of the molecule is O=c1[nH]cc(-c2ccc(Cl)c(Cl)c2Cl)cc1CO. The first-order valence-corrected chi connectivity index (χ1v) is 6.14. The van der Waals surface area contributed by atoms with E-state index in [1.165, 1.54) is 6.20 Å². The molecular formula is C12H8Cl3NO2. The van der Waals surface area contributed by atoms with Gasteiger partial charge >= 0.3 is 0 Å². The normalized spacial score (nSPS) is 10.7. The smallest absolute Gasteiger partial charge is 0.253 e. The van der Waals surface area contributed by atoms with Crippen molar-refractivity contribution in [1.82, 2.24) is 4.98 Å². The van der Waals surface area contributed by atoms with Crippen LogP contribution in [0.15, 0.2) is 29.2 Å². The summed E-state index contributed by atoms with van der Waals surface area (Å²) in [6, 6.07) is 4.88. The maximum atomic E-state index is 11.3. The molecule has 0 saturated carbocycles. The zero-order valence-electron chi connectivity index (χ0n) is 9.01. The molecule has 1 aromatic carbocycles. The minimum Gasteiger partial charge on any atom is -0.391 e. The van der Waals surface area contributed by atoms with Crippen molar-refractivity contribution in [1.29, 1.82) is 0 Å². The highest BCUT2D eigenvalue weighted by molar-refractivity contribution is 6.49. The zero-order chi connectivity index (χ0) is 13.3. The van der Waals surface area contributed by atoms with E-state index in [4.69, 9.17) is 39.9 Å². The summed E-state index contributed by atoms with van der Waals surface area (Å²) >= 11 is 17.9. The topological polar surface area (TPSA) is 53.1 Å². The number of pyridine rings is 1. The van der Waals surface area contributed by atoms with Crippen molar-refractivity contribution < 1.29 is 5.11 Å². The first-order chi connectivity index (χ1) is 8.54. The highest BCUT2D eigenvalue weighted by Crippen LogP contribution is 2.37. The number of aliphatic hydroxyl groups is 1. The fourth-order valence-corrected chi connectivity index (χ4v) is 2.20. The molecule has 0 radical (unpaired) electrons. The first-order valence-electron chi connectivity index (χ1n) is 5.01. The third kappa shape index (κ3) is 2.40. The molecule has 2 rings (SSSR count). The highest BCUT2D eigenvalue weighted by atomic mass is 35.5. The Morgan fingerprint density at radius 2 is 1.89 bits per heavy atom. The summed E-state index contributed by atoms with van der Waals surface area (Å²) in [6.07, 6.45) is 1.51. The van der Waals surface area contributed by atoms with Gasteiger partial charge in [-0.1, -0.05) is 40.9 Å². The lowest BCUT2D eigenvalue weighted by Crippen LogP contribution is -2.11. The Morgan fingerprint density at radius 1 is 1.17 bits per heavy atom. The van der Waals surface area contributed by atoms with Gasteiger partial charge in [0.2, 0.25) is 0 Å². The zero-order valence-corrected chi connectivity index (χ0v) is 11.3. The molecule has 1 aromatic heterocycles. The van der Waals surface area contributed by atoms with E-state index >= 15 is 0 Å². The number of hydrogen-bond acceptors (Lipinski definition) is 2. The molecule has 0 bridgehead atoms. The molecule has 2 N–H and O–H groups in total. The number of rotatable bonds is 2. The average Bonchev–Trinajstić information content (AvgIpc) is 2.37. The van der Waals surface area contributed by atoms with E-state index in [0.29, 0.717) is 21.2 Å². The third-order valence-corrected chi connectivity index (χ3v) is 3.79. The Morgan fingerprint density at radius 3 is 2.56 bits per heavy atom. The van der Waals surface area contributed by atoms with Gasteiger partial charge < -0.3 is 10.1 Å². The van der Waals surface area contributed by atoms with Crippen LogP contribution in [0.4, 0.5) is 0 Å². The molecule has 0 aliphatic carbocycles. The number of H-pyrrole nitrogens is 1. The molecule has 0 atom stereocenters. The van der Waals surface area contributed by atoms with E-state index in [0.717, 1.165) is 0 Å². The second-order valence-electron chi connectivity index (χ2n) is 3.62. The van der Waals surface area contributed by atoms with E-state index in [2.05, 4.69) is 4.98 Å². The summed E-state index contributed by atoms with van der Waals surface area (Å²) in [4.78, 5) is 13.9. The van der Waals surface area contributed by atoms with Gasteiger partial charge in [0.25, 0.3) is 5.56 Å². The average molecular weight is 305 g/mol. The molecule has 18 heavy (non-hydrogen) atoms. The second kappa shape index (κ2) is 5.33. The summed E-state index contributed by atoms with van der Waals surface area (Å²) in [5.41, 5.74) is 1.21. The van der Waals surface area contributed by atoms with Crippen LogP contribution in [0.25, 0.3) is 11.1 Å². The van der Waals surface area contributed by atoms with Gasteiger partial charge in [0.1, 0.15) is 0 Å². The molecule has 0 aliphatic heterocycles. The van der Waals surface area contributed by atoms with E-state index in [-0.39, 0.29) is 22.8 Å². The molecule has 6 heteroatoms. The molecule has 0 amide bonds. The van der Waals surface area contributed by atoms with Crippen LogP contribution in [0.3, 0.4) is 0 Å². The predicted molar refractivity (Wildman–Crippen MR) is 73.5 cm³/mol. The number of halogens is 3. The Balaban J connectivity index is 2.62. The summed E-state index contributed by atoms with van der Waals surface area (Å²) in [5.74, 6) is 0. The van der Waals surface area contributed by atoms with Crippen molar-refractivity contribution in [3.63, 3.8) is 0 Å². The number of aromatic amines is 1. The molecular weight excluding hydrogens is 296 g/mol. The Kier molecular flexibility index (Phi) is 3.97. The Hall–Kier alpha value is -1.00. The molecule has 0 unspecified atom stereocenters. The maximum Gasteiger partial charge on any atom is 0.253 e. The van der Waals surface area contributed by atoms with E-state index in [1.54, 1.807) is 18.2 Å². The number of nitrogens with one attached hydrogen (secondary N) is 1. The van der Waals surface area contributed by atoms with Crippen LogP contribution in [0.5, 0.6) is 0 Å². The van der Waals surface area contributed by atoms with Crippen molar-refractivity contribution in [3.8, 4) is 11.1 Å². The van der Waals surface area contributed by atoms with Crippen LogP contribution in [0.1, 0.15) is 5.56 Å². The van der Waals surface area contributed by atoms with Crippen LogP contribution < -0.4 is 5.56 Å². The van der Waals surface area contributed by atoms with Gasteiger partial charge in [0.05, 0.1) is 21.7 Å². The van der Waals surface area contributed by atoms with Gasteiger partial charge in [0.15, 0.2) is 0 Å². The van der Waals surface area contributed by atoms with Crippen molar-refractivity contribution >= 4 is 34.8 Å². The highest BCUT2D eigenvalue weighted by Gasteiger charge is 2.11. The predicted octanol–water partition coefficient (Wildman–Crippen LogP) is 3.49. The first kappa shape index (κ1) is 13.4. The minimum absolute atomic E-state index is 0.257. The molecule has 94 valence electrons. The van der Waals surface area contributed by atoms with E-state index in [1.807, 2.05) is 0 Å². The van der Waals surface area contributed by atoms with Crippen LogP contribution in [0, 0.1) is 0 Å². The van der Waals surface area contributed by atoms with Gasteiger partial charge in [-0.2, -0.15) is 0 Å². The summed E-state index contributed by atoms with van der Waals surface area (Å²) in [6.45, 7) is -0.345. The molecule has 0 aliphatic rings. The van der Waals surface area contributed by atoms with Crippen LogP contribution in [-0.2, 0) is 6.61 Å². The van der Waals surface area contributed by atoms with Gasteiger partial charge in [-0.15, -0.1) is 0 Å². The summed E-state index contributed by atoms with van der Waals surface area (Å²) in [7, 11) is 0. The van der Waals surface area contributed by atoms with Crippen LogP contribution >= 0.6 is 34.8 Å². The summed E-state index contributed by atoms with van der Waals surface area (Å²) < 4.78 is 0. The van der Waals surface area contributed by atoms with E-state index in [9.17, 15) is 4.79 Å². The van der Waals surface area contributed by atoms with Crippen molar-refractivity contribution in [2.75, 3.05) is 0 Å². The fourth-order valence-electron chi connectivity index (χ4n) is 1.55. The van der Waals surface area contributed by atoms with Crippen LogP contribution in [-0.4, -0.2) is 10.1 Å². The number of aliphatic hydroxyl groups excluding tert-OH is 1. The number of hydrogen-bond donors (Lipinski definition) is 2. The lowest BCUT2D eigenvalue weighted by molar-refractivity contribution is 0.280. The Labute approximate surface area is 118 Å². The summed E-state index contributed by atoms with van der Waals surface area (Å²) in [5, 5.41) is 9.98. The van der Waals surface area contributed by atoms with Gasteiger partial charge in [-0.25, -0.2) is 0 Å². The lowest BCUT2D eigenvalue weighted by atomic mass is 10.1. The lowest BCUT2D eigenvalue weighted by Gasteiger charge is -2.08. The van der Waals surface area contributed by atoms with Crippen molar-refractivity contribution in [3.05, 3.63) is 55.4 Å². The number of benzene rings is 1. The van der Waals surface area contributed by atoms with Gasteiger partial charge in [-0.05, 0) is 17.7 Å². The second-order valence-corrected chi connectivity index (χ2v) is 4.79. The van der Waals surface area contributed by atoms with Crippen molar-refractivity contribution in [2.45, 2.75) is 6.61 Å². The monoisotopic (exact) mass is 303 g/mol. The Bertz CT molecular complexity index is 652. The molecule has 2 aromatic rings. The minimum atomic E-state index is -0.345. The van der Waals surface area contributed by atoms with Gasteiger partial charge in [0, 0.05) is 17.3 Å². The quantitative estimate of drug-likeness (QED) is 0.834. The third-order valence-electron chi connectivity index (χ3n) is 2.50. The molecule has 1 heterocycles. The number of aromatic nitrogens is 1. The standard InChI is InChI=1S/C12H8Cl3NO2/c13-9-2-1-8(10(14)11(9)15)6-3-7(5-17)12(18)16-4-6/h1-4,17H,5H2,(H,16,18).